The van der Waals surface area contributed by atoms with E-state index < -0.39 is 0 Å². The fourth-order valence-corrected chi connectivity index (χ4v) is 2.35. The maximum absolute atomic E-state index is 12.3. The number of benzene rings is 2. The monoisotopic (exact) mass is 316 g/mol. The number of hydrogen-bond donors (Lipinski definition) is 2. The number of rotatable bonds is 5. The van der Waals surface area contributed by atoms with Gasteiger partial charge in [0.25, 0.3) is 0 Å². The van der Waals surface area contributed by atoms with Gasteiger partial charge in [-0.3, -0.25) is 4.79 Å². The summed E-state index contributed by atoms with van der Waals surface area (Å²) in [5.74, 6) is -0.0380. The molecule has 2 rings (SSSR count). The SMILES string of the molecule is Cc1cccc(NC(C)C(=O)NC(C)c2ccc(Cl)cc2)c1. The topological polar surface area (TPSA) is 41.1 Å². The second-order valence-corrected chi connectivity index (χ2v) is 5.95. The molecule has 22 heavy (non-hydrogen) atoms. The van der Waals surface area contributed by atoms with Gasteiger partial charge in [-0.15, -0.1) is 0 Å². The van der Waals surface area contributed by atoms with Gasteiger partial charge in [0.1, 0.15) is 6.04 Å². The molecule has 0 saturated heterocycles. The van der Waals surface area contributed by atoms with Gasteiger partial charge >= 0.3 is 0 Å². The van der Waals surface area contributed by atoms with Crippen molar-refractivity contribution in [2.75, 3.05) is 5.32 Å². The Labute approximate surface area is 136 Å². The van der Waals surface area contributed by atoms with Crippen molar-refractivity contribution in [2.45, 2.75) is 32.9 Å². The molecular formula is C18H21ClN2O. The van der Waals surface area contributed by atoms with E-state index >= 15 is 0 Å². The molecule has 116 valence electrons. The Morgan fingerprint density at radius 3 is 2.41 bits per heavy atom. The van der Waals surface area contributed by atoms with Crippen LogP contribution in [0.3, 0.4) is 0 Å². The molecule has 0 aliphatic heterocycles. The predicted molar refractivity (Wildman–Crippen MR) is 92.3 cm³/mol. The third kappa shape index (κ3) is 4.50. The van der Waals surface area contributed by atoms with E-state index in [2.05, 4.69) is 10.6 Å². The van der Waals surface area contributed by atoms with Gasteiger partial charge in [-0.05, 0) is 56.2 Å². The minimum atomic E-state index is -0.309. The summed E-state index contributed by atoms with van der Waals surface area (Å²) in [7, 11) is 0. The number of carbonyl (C=O) groups is 1. The largest absolute Gasteiger partial charge is 0.374 e. The molecule has 0 radical (unpaired) electrons. The van der Waals surface area contributed by atoms with Crippen LogP contribution in [0.25, 0.3) is 0 Å². The van der Waals surface area contributed by atoms with E-state index in [0.29, 0.717) is 5.02 Å². The first-order valence-corrected chi connectivity index (χ1v) is 7.72. The summed E-state index contributed by atoms with van der Waals surface area (Å²) in [4.78, 5) is 12.3. The lowest BCUT2D eigenvalue weighted by Crippen LogP contribution is -2.38. The van der Waals surface area contributed by atoms with E-state index in [1.165, 1.54) is 0 Å². The first-order chi connectivity index (χ1) is 10.5. The maximum atomic E-state index is 12.3. The second kappa shape index (κ2) is 7.32. The zero-order valence-electron chi connectivity index (χ0n) is 13.1. The van der Waals surface area contributed by atoms with Crippen LogP contribution in [0.2, 0.25) is 5.02 Å². The number of halogens is 1. The zero-order valence-corrected chi connectivity index (χ0v) is 13.8. The van der Waals surface area contributed by atoms with Crippen molar-refractivity contribution in [1.29, 1.82) is 0 Å². The van der Waals surface area contributed by atoms with Crippen molar-refractivity contribution in [3.05, 3.63) is 64.7 Å². The molecule has 0 bridgehead atoms. The first kappa shape index (κ1) is 16.4. The molecule has 4 heteroatoms. The van der Waals surface area contributed by atoms with Crippen LogP contribution in [0.1, 0.15) is 31.0 Å². The molecule has 0 aliphatic carbocycles. The van der Waals surface area contributed by atoms with Crippen molar-refractivity contribution in [3.8, 4) is 0 Å². The fourth-order valence-electron chi connectivity index (χ4n) is 2.22. The number of nitrogens with one attached hydrogen (secondary N) is 2. The van der Waals surface area contributed by atoms with Gasteiger partial charge in [-0.2, -0.15) is 0 Å². The van der Waals surface area contributed by atoms with Crippen LogP contribution in [0, 0.1) is 6.92 Å². The molecule has 0 aliphatic rings. The molecule has 0 spiro atoms. The molecule has 2 unspecified atom stereocenters. The quantitative estimate of drug-likeness (QED) is 0.862. The van der Waals surface area contributed by atoms with Crippen LogP contribution in [0.15, 0.2) is 48.5 Å². The fraction of sp³-hybridized carbons (Fsp3) is 0.278. The number of carbonyl (C=O) groups excluding carboxylic acids is 1. The summed E-state index contributed by atoms with van der Waals surface area (Å²) >= 11 is 5.88. The highest BCUT2D eigenvalue weighted by molar-refractivity contribution is 6.30. The van der Waals surface area contributed by atoms with Crippen molar-refractivity contribution >= 4 is 23.2 Å². The summed E-state index contributed by atoms with van der Waals surface area (Å²) in [6.45, 7) is 5.84. The van der Waals surface area contributed by atoms with Crippen LogP contribution < -0.4 is 10.6 Å². The van der Waals surface area contributed by atoms with E-state index in [1.807, 2.05) is 69.3 Å². The summed E-state index contributed by atoms with van der Waals surface area (Å²) < 4.78 is 0. The molecular weight excluding hydrogens is 296 g/mol. The van der Waals surface area contributed by atoms with Gasteiger partial charge in [0.05, 0.1) is 6.04 Å². The zero-order chi connectivity index (χ0) is 16.1. The number of amides is 1. The normalized spacial score (nSPS) is 13.3. The molecule has 3 nitrogen and oxygen atoms in total. The highest BCUT2D eigenvalue weighted by Gasteiger charge is 2.16. The molecule has 0 fully saturated rings. The van der Waals surface area contributed by atoms with Crippen LogP contribution in [-0.4, -0.2) is 11.9 Å². The molecule has 0 saturated carbocycles. The molecule has 2 aromatic rings. The minimum absolute atomic E-state index is 0.0380. The molecule has 0 heterocycles. The lowest BCUT2D eigenvalue weighted by atomic mass is 10.1. The third-order valence-electron chi connectivity index (χ3n) is 3.52. The minimum Gasteiger partial charge on any atom is -0.374 e. The van der Waals surface area contributed by atoms with E-state index in [0.717, 1.165) is 16.8 Å². The molecule has 2 N–H and O–H groups in total. The van der Waals surface area contributed by atoms with E-state index in [9.17, 15) is 4.79 Å². The second-order valence-electron chi connectivity index (χ2n) is 5.52. The van der Waals surface area contributed by atoms with Crippen molar-refractivity contribution in [1.82, 2.24) is 5.32 Å². The summed E-state index contributed by atoms with van der Waals surface area (Å²) in [5, 5.41) is 6.91. The van der Waals surface area contributed by atoms with E-state index in [-0.39, 0.29) is 18.0 Å². The molecule has 0 aromatic heterocycles. The highest BCUT2D eigenvalue weighted by atomic mass is 35.5. The van der Waals surface area contributed by atoms with E-state index in [4.69, 9.17) is 11.6 Å². The average molecular weight is 317 g/mol. The number of hydrogen-bond acceptors (Lipinski definition) is 2. The maximum Gasteiger partial charge on any atom is 0.242 e. The first-order valence-electron chi connectivity index (χ1n) is 7.35. The summed E-state index contributed by atoms with van der Waals surface area (Å²) in [6, 6.07) is 15.1. The highest BCUT2D eigenvalue weighted by Crippen LogP contribution is 2.16. The molecule has 2 atom stereocenters. The smallest absolute Gasteiger partial charge is 0.242 e. The van der Waals surface area contributed by atoms with Gasteiger partial charge < -0.3 is 10.6 Å². The van der Waals surface area contributed by atoms with Crippen LogP contribution >= 0.6 is 11.6 Å². The number of aryl methyl sites for hydroxylation is 1. The van der Waals surface area contributed by atoms with Gasteiger partial charge in [-0.25, -0.2) is 0 Å². The van der Waals surface area contributed by atoms with Crippen LogP contribution in [-0.2, 0) is 4.79 Å². The van der Waals surface area contributed by atoms with Gasteiger partial charge in [0, 0.05) is 10.7 Å². The Kier molecular flexibility index (Phi) is 5.45. The molecule has 2 aromatic carbocycles. The Bertz CT molecular complexity index is 640. The lowest BCUT2D eigenvalue weighted by molar-refractivity contribution is -0.122. The van der Waals surface area contributed by atoms with Gasteiger partial charge in [0.15, 0.2) is 0 Å². The van der Waals surface area contributed by atoms with E-state index in [1.54, 1.807) is 0 Å². The van der Waals surface area contributed by atoms with Crippen molar-refractivity contribution in [2.24, 2.45) is 0 Å². The van der Waals surface area contributed by atoms with Crippen molar-refractivity contribution in [3.63, 3.8) is 0 Å². The average Bonchev–Trinajstić information content (AvgIpc) is 2.47. The summed E-state index contributed by atoms with van der Waals surface area (Å²) in [6.07, 6.45) is 0. The standard InChI is InChI=1S/C18H21ClN2O/c1-12-5-4-6-17(11-12)20-14(3)18(22)21-13(2)15-7-9-16(19)10-8-15/h4-11,13-14,20H,1-3H3,(H,21,22). The summed E-state index contributed by atoms with van der Waals surface area (Å²) in [5.41, 5.74) is 3.13. The van der Waals surface area contributed by atoms with Gasteiger partial charge in [0.2, 0.25) is 5.91 Å². The third-order valence-corrected chi connectivity index (χ3v) is 3.78. The Morgan fingerprint density at radius 1 is 1.09 bits per heavy atom. The molecule has 1 amide bonds. The number of anilines is 1. The Morgan fingerprint density at radius 2 is 1.77 bits per heavy atom. The van der Waals surface area contributed by atoms with Crippen molar-refractivity contribution < 1.29 is 4.79 Å². The Hall–Kier alpha value is -2.00. The van der Waals surface area contributed by atoms with Gasteiger partial charge in [-0.1, -0.05) is 35.9 Å². The van der Waals surface area contributed by atoms with Crippen LogP contribution in [0.5, 0.6) is 0 Å². The Balaban J connectivity index is 1.94. The predicted octanol–water partition coefficient (Wildman–Crippen LogP) is 4.33. The van der Waals surface area contributed by atoms with Crippen LogP contribution in [0.4, 0.5) is 5.69 Å². The lowest BCUT2D eigenvalue weighted by Gasteiger charge is -2.19.